The Morgan fingerprint density at radius 3 is 2.54 bits per heavy atom. The molecule has 2 aliphatic heterocycles. The molecule has 2 amide bonds. The minimum atomic E-state index is -0.855. The van der Waals surface area contributed by atoms with Gasteiger partial charge in [0, 0.05) is 26.2 Å². The number of carbonyl (C=O) groups excluding carboxylic acids is 2. The zero-order valence-corrected chi connectivity index (χ0v) is 16.5. The van der Waals surface area contributed by atoms with Crippen LogP contribution in [0.5, 0.6) is 0 Å². The van der Waals surface area contributed by atoms with Crippen molar-refractivity contribution in [1.29, 1.82) is 0 Å². The predicted molar refractivity (Wildman–Crippen MR) is 101 cm³/mol. The molecule has 2 fully saturated rings. The highest BCUT2D eigenvalue weighted by molar-refractivity contribution is 7.80. The minimum Gasteiger partial charge on any atom is -0.474 e. The monoisotopic (exact) mass is 414 g/mol. The summed E-state index contributed by atoms with van der Waals surface area (Å²) in [5, 5.41) is 0.237. The molecule has 1 unspecified atom stereocenters. The molecule has 3 rings (SSSR count). The van der Waals surface area contributed by atoms with Gasteiger partial charge in [-0.25, -0.2) is 13.6 Å². The first-order valence-electron chi connectivity index (χ1n) is 8.46. The molecule has 11 heteroatoms. The second kappa shape index (κ2) is 7.74. The zero-order chi connectivity index (χ0) is 20.6. The lowest BCUT2D eigenvalue weighted by molar-refractivity contribution is -0.125. The van der Waals surface area contributed by atoms with Gasteiger partial charge in [-0.1, -0.05) is 0 Å². The van der Waals surface area contributed by atoms with Gasteiger partial charge in [0.25, 0.3) is 5.17 Å². The normalized spacial score (nSPS) is 19.3. The highest BCUT2D eigenvalue weighted by atomic mass is 32.1. The number of thiocarbonyl (C=S) groups is 1. The number of carbonyl (C=O) groups is 2. The van der Waals surface area contributed by atoms with Gasteiger partial charge in [-0.05, 0) is 12.2 Å². The molecule has 0 aromatic heterocycles. The van der Waals surface area contributed by atoms with E-state index >= 15 is 0 Å². The number of halogens is 2. The quantitative estimate of drug-likeness (QED) is 0.690. The van der Waals surface area contributed by atoms with Crippen LogP contribution in [0.1, 0.15) is 0 Å². The molecule has 1 aromatic rings. The van der Waals surface area contributed by atoms with Crippen LogP contribution in [0.4, 0.5) is 25.0 Å². The summed E-state index contributed by atoms with van der Waals surface area (Å²) in [5.74, 6) is -1.94. The van der Waals surface area contributed by atoms with Crippen LogP contribution in [-0.2, 0) is 14.3 Å². The summed E-state index contributed by atoms with van der Waals surface area (Å²) in [6, 6.07) is 2.13. The average Bonchev–Trinajstić information content (AvgIpc) is 3.15. The smallest absolute Gasteiger partial charge is 0.414 e. The van der Waals surface area contributed by atoms with E-state index in [1.165, 1.54) is 16.9 Å². The predicted octanol–water partition coefficient (Wildman–Crippen LogP) is 1.39. The first-order chi connectivity index (χ1) is 13.2. The van der Waals surface area contributed by atoms with E-state index in [0.717, 1.165) is 17.0 Å². The Morgan fingerprint density at radius 2 is 2.00 bits per heavy atom. The molecule has 8 nitrogen and oxygen atoms in total. The summed E-state index contributed by atoms with van der Waals surface area (Å²) in [6.07, 6.45) is -1.24. The van der Waals surface area contributed by atoms with Crippen LogP contribution in [0.2, 0.25) is 0 Å². The van der Waals surface area contributed by atoms with Gasteiger partial charge < -0.3 is 24.2 Å². The van der Waals surface area contributed by atoms with Crippen LogP contribution in [0.25, 0.3) is 0 Å². The van der Waals surface area contributed by atoms with Gasteiger partial charge in [0.1, 0.15) is 11.8 Å². The summed E-state index contributed by atoms with van der Waals surface area (Å²) in [5.41, 5.74) is -0.252. The van der Waals surface area contributed by atoms with Crippen LogP contribution >= 0.6 is 12.2 Å². The number of hydrogen-bond acceptors (Lipinski definition) is 6. The topological polar surface area (TPSA) is 65.6 Å². The maximum absolute atomic E-state index is 14.6. The molecule has 2 aliphatic rings. The van der Waals surface area contributed by atoms with Gasteiger partial charge in [-0.2, -0.15) is 0 Å². The van der Waals surface area contributed by atoms with Crippen molar-refractivity contribution >= 4 is 40.8 Å². The number of ether oxygens (including phenoxy) is 2. The van der Waals surface area contributed by atoms with Crippen LogP contribution < -0.4 is 9.80 Å². The van der Waals surface area contributed by atoms with Gasteiger partial charge in [0.2, 0.25) is 5.91 Å². The van der Waals surface area contributed by atoms with E-state index in [9.17, 15) is 18.4 Å². The maximum Gasteiger partial charge on any atom is 0.414 e. The van der Waals surface area contributed by atoms with Crippen LogP contribution in [0, 0.1) is 11.6 Å². The summed E-state index contributed by atoms with van der Waals surface area (Å²) >= 11 is 5.00. The maximum atomic E-state index is 14.6. The van der Waals surface area contributed by atoms with Crippen molar-refractivity contribution in [2.45, 2.75) is 6.10 Å². The fourth-order valence-electron chi connectivity index (χ4n) is 3.19. The van der Waals surface area contributed by atoms with E-state index in [-0.39, 0.29) is 48.8 Å². The average molecular weight is 414 g/mol. The highest BCUT2D eigenvalue weighted by Crippen LogP contribution is 2.32. The van der Waals surface area contributed by atoms with E-state index in [1.54, 1.807) is 19.0 Å². The second-order valence-electron chi connectivity index (χ2n) is 6.66. The Hall–Kier alpha value is -2.69. The molecule has 2 saturated heterocycles. The first-order valence-corrected chi connectivity index (χ1v) is 8.87. The first kappa shape index (κ1) is 20.1. The van der Waals surface area contributed by atoms with Crippen molar-refractivity contribution in [1.82, 2.24) is 9.80 Å². The number of methoxy groups -OCH3 is 1. The van der Waals surface area contributed by atoms with Crippen molar-refractivity contribution in [2.75, 3.05) is 57.3 Å². The molecule has 0 saturated carbocycles. The molecular weight excluding hydrogens is 394 g/mol. The second-order valence-corrected chi connectivity index (χ2v) is 7.01. The van der Waals surface area contributed by atoms with Crippen molar-refractivity contribution in [3.8, 4) is 0 Å². The summed E-state index contributed by atoms with van der Waals surface area (Å²) < 4.78 is 39.4. The molecular formula is C17H20F2N4O4S. The van der Waals surface area contributed by atoms with Crippen LogP contribution in [0.15, 0.2) is 12.1 Å². The standard InChI is InChI=1S/C17H20F2N4O4S/c1-20(17(28)26-3)6-11-7-23(16(25)27-11)10-4-12(18)15(13(19)5-10)22-8-14(24)21(2)9-22/h4-5,11H,6-9H2,1-3H3. The number of cyclic esters (lactones) is 1. The third kappa shape index (κ3) is 3.79. The Bertz CT molecular complexity index is 801. The number of amides is 2. The SMILES string of the molecule is COC(=S)N(C)CC1CN(c2cc(F)c(N3CC(=O)N(C)C3)c(F)c2)C(=O)O1. The molecule has 1 aromatic carbocycles. The summed E-state index contributed by atoms with van der Waals surface area (Å²) in [7, 11) is 4.68. The van der Waals surface area contributed by atoms with E-state index in [2.05, 4.69) is 0 Å². The third-order valence-electron chi connectivity index (χ3n) is 4.60. The van der Waals surface area contributed by atoms with Crippen molar-refractivity contribution < 1.29 is 27.8 Å². The lowest BCUT2D eigenvalue weighted by Crippen LogP contribution is -2.36. The van der Waals surface area contributed by atoms with E-state index < -0.39 is 23.8 Å². The molecule has 28 heavy (non-hydrogen) atoms. The molecule has 0 spiro atoms. The number of benzene rings is 1. The van der Waals surface area contributed by atoms with Gasteiger partial charge in [-0.3, -0.25) is 9.69 Å². The number of hydrogen-bond donors (Lipinski definition) is 0. The lowest BCUT2D eigenvalue weighted by Gasteiger charge is -2.22. The summed E-state index contributed by atoms with van der Waals surface area (Å²) in [4.78, 5) is 29.2. The number of anilines is 2. The fourth-order valence-corrected chi connectivity index (χ4v) is 3.27. The molecule has 1 atom stereocenters. The van der Waals surface area contributed by atoms with E-state index in [0.29, 0.717) is 0 Å². The van der Waals surface area contributed by atoms with Gasteiger partial charge in [-0.15, -0.1) is 0 Å². The molecule has 152 valence electrons. The summed E-state index contributed by atoms with van der Waals surface area (Å²) in [6.45, 7) is 0.369. The van der Waals surface area contributed by atoms with Gasteiger partial charge in [0.15, 0.2) is 11.6 Å². The molecule has 2 heterocycles. The Kier molecular flexibility index (Phi) is 5.54. The molecule has 0 N–H and O–H groups in total. The van der Waals surface area contributed by atoms with Crippen LogP contribution in [-0.4, -0.2) is 80.6 Å². The largest absolute Gasteiger partial charge is 0.474 e. The van der Waals surface area contributed by atoms with Crippen LogP contribution in [0.3, 0.4) is 0 Å². The van der Waals surface area contributed by atoms with E-state index in [1.807, 2.05) is 0 Å². The Balaban J connectivity index is 1.76. The highest BCUT2D eigenvalue weighted by Gasteiger charge is 2.35. The van der Waals surface area contributed by atoms with Crippen molar-refractivity contribution in [3.05, 3.63) is 23.8 Å². The minimum absolute atomic E-state index is 0.0436. The van der Waals surface area contributed by atoms with Crippen molar-refractivity contribution in [3.63, 3.8) is 0 Å². The number of nitrogens with zero attached hydrogens (tertiary/aromatic N) is 4. The van der Waals surface area contributed by atoms with E-state index in [4.69, 9.17) is 21.7 Å². The third-order valence-corrected chi connectivity index (χ3v) is 5.08. The molecule has 0 bridgehead atoms. The number of likely N-dealkylation sites (N-methyl/N-ethyl adjacent to an activating group) is 2. The number of rotatable bonds is 4. The molecule has 0 radical (unpaired) electrons. The zero-order valence-electron chi connectivity index (χ0n) is 15.6. The van der Waals surface area contributed by atoms with Crippen molar-refractivity contribution in [2.24, 2.45) is 0 Å². The Labute approximate surface area is 166 Å². The van der Waals surface area contributed by atoms with Gasteiger partial charge in [0.05, 0.1) is 39.1 Å². The van der Waals surface area contributed by atoms with Gasteiger partial charge >= 0.3 is 6.09 Å². The molecule has 0 aliphatic carbocycles. The lowest BCUT2D eigenvalue weighted by atomic mass is 10.2. The fraction of sp³-hybridized carbons (Fsp3) is 0.471. The Morgan fingerprint density at radius 1 is 1.36 bits per heavy atom.